The molecule has 2 rings (SSSR count). The number of ether oxygens (including phenoxy) is 1. The van der Waals surface area contributed by atoms with Gasteiger partial charge in [-0.05, 0) is 61.3 Å². The van der Waals surface area contributed by atoms with Gasteiger partial charge in [0, 0.05) is 0 Å². The molecule has 1 atom stereocenters. The van der Waals surface area contributed by atoms with Crippen molar-refractivity contribution in [1.29, 1.82) is 0 Å². The van der Waals surface area contributed by atoms with E-state index in [-0.39, 0.29) is 19.1 Å². The molecule has 0 heterocycles. The number of aliphatic hydroxyl groups is 2. The van der Waals surface area contributed by atoms with Crippen molar-refractivity contribution in [3.8, 4) is 5.75 Å². The third kappa shape index (κ3) is 5.70. The van der Waals surface area contributed by atoms with E-state index in [4.69, 9.17) is 10.5 Å². The normalized spacial score (nSPS) is 17.8. The number of hydrogen-bond acceptors (Lipinski definition) is 4. The summed E-state index contributed by atoms with van der Waals surface area (Å²) in [7, 11) is 0. The highest BCUT2D eigenvalue weighted by Gasteiger charge is 2.34. The first-order valence-electron chi connectivity index (χ1n) is 9.88. The largest absolute Gasteiger partial charge is 0.494 e. The Morgan fingerprint density at radius 1 is 1.04 bits per heavy atom. The second kappa shape index (κ2) is 10.1. The SMILES string of the molecule is CCCCCCCOc1ccc2c(c1)CC[C@@H](C(N)(CO)CO)CC2. The molecule has 0 bridgehead atoms. The van der Waals surface area contributed by atoms with Crippen LogP contribution in [0.15, 0.2) is 18.2 Å². The van der Waals surface area contributed by atoms with Crippen LogP contribution < -0.4 is 10.5 Å². The lowest BCUT2D eigenvalue weighted by Gasteiger charge is -2.33. The zero-order valence-corrected chi connectivity index (χ0v) is 15.7. The Balaban J connectivity index is 1.88. The van der Waals surface area contributed by atoms with Gasteiger partial charge >= 0.3 is 0 Å². The van der Waals surface area contributed by atoms with E-state index in [1.54, 1.807) is 0 Å². The van der Waals surface area contributed by atoms with E-state index >= 15 is 0 Å². The van der Waals surface area contributed by atoms with E-state index in [2.05, 4.69) is 25.1 Å². The highest BCUT2D eigenvalue weighted by atomic mass is 16.5. The molecule has 142 valence electrons. The van der Waals surface area contributed by atoms with E-state index in [9.17, 15) is 10.2 Å². The van der Waals surface area contributed by atoms with Crippen molar-refractivity contribution >= 4 is 0 Å². The van der Waals surface area contributed by atoms with Gasteiger partial charge in [0.25, 0.3) is 0 Å². The first kappa shape index (κ1) is 20.2. The lowest BCUT2D eigenvalue weighted by Crippen LogP contribution is -2.53. The number of benzene rings is 1. The molecule has 1 aliphatic carbocycles. The molecule has 1 aromatic carbocycles. The van der Waals surface area contributed by atoms with Crippen LogP contribution in [0.25, 0.3) is 0 Å². The smallest absolute Gasteiger partial charge is 0.119 e. The van der Waals surface area contributed by atoms with Gasteiger partial charge < -0.3 is 20.7 Å². The van der Waals surface area contributed by atoms with E-state index in [0.29, 0.717) is 0 Å². The third-order valence-electron chi connectivity index (χ3n) is 5.62. The van der Waals surface area contributed by atoms with Crippen molar-refractivity contribution in [3.63, 3.8) is 0 Å². The number of nitrogens with two attached hydrogens (primary N) is 1. The van der Waals surface area contributed by atoms with Gasteiger partial charge in [0.05, 0.1) is 25.4 Å². The summed E-state index contributed by atoms with van der Waals surface area (Å²) >= 11 is 0. The minimum atomic E-state index is -0.875. The Labute approximate surface area is 152 Å². The van der Waals surface area contributed by atoms with Crippen molar-refractivity contribution in [2.45, 2.75) is 70.3 Å². The van der Waals surface area contributed by atoms with Gasteiger partial charge in [-0.25, -0.2) is 0 Å². The first-order valence-corrected chi connectivity index (χ1v) is 9.88. The monoisotopic (exact) mass is 349 g/mol. The minimum absolute atomic E-state index is 0.137. The van der Waals surface area contributed by atoms with Crippen LogP contribution in [0.4, 0.5) is 0 Å². The highest BCUT2D eigenvalue weighted by Crippen LogP contribution is 2.32. The van der Waals surface area contributed by atoms with Crippen LogP contribution in [0.3, 0.4) is 0 Å². The van der Waals surface area contributed by atoms with Crippen molar-refractivity contribution < 1.29 is 14.9 Å². The Bertz CT molecular complexity index is 514. The van der Waals surface area contributed by atoms with Gasteiger partial charge in [-0.2, -0.15) is 0 Å². The van der Waals surface area contributed by atoms with Crippen molar-refractivity contribution in [2.24, 2.45) is 11.7 Å². The molecule has 0 radical (unpaired) electrons. The molecular weight excluding hydrogens is 314 g/mol. The van der Waals surface area contributed by atoms with E-state index in [1.165, 1.54) is 36.8 Å². The topological polar surface area (TPSA) is 75.7 Å². The van der Waals surface area contributed by atoms with Gasteiger partial charge in [-0.15, -0.1) is 0 Å². The molecule has 0 saturated carbocycles. The van der Waals surface area contributed by atoms with Gasteiger partial charge in [0.1, 0.15) is 5.75 Å². The van der Waals surface area contributed by atoms with Crippen molar-refractivity contribution in [1.82, 2.24) is 0 Å². The maximum Gasteiger partial charge on any atom is 0.119 e. The van der Waals surface area contributed by atoms with Crippen LogP contribution >= 0.6 is 0 Å². The van der Waals surface area contributed by atoms with E-state index in [0.717, 1.165) is 44.5 Å². The zero-order chi connectivity index (χ0) is 18.1. The average Bonchev–Trinajstić information content (AvgIpc) is 2.86. The number of rotatable bonds is 10. The van der Waals surface area contributed by atoms with Gasteiger partial charge in [-0.3, -0.25) is 0 Å². The van der Waals surface area contributed by atoms with E-state index < -0.39 is 5.54 Å². The molecule has 1 aliphatic rings. The summed E-state index contributed by atoms with van der Waals surface area (Å²) in [5.41, 5.74) is 7.99. The second-order valence-electron chi connectivity index (χ2n) is 7.52. The molecular formula is C21H35NO3. The number of hydrogen-bond donors (Lipinski definition) is 3. The van der Waals surface area contributed by atoms with Crippen LogP contribution in [0, 0.1) is 5.92 Å². The molecule has 0 saturated heterocycles. The summed E-state index contributed by atoms with van der Waals surface area (Å²) in [6.07, 6.45) is 9.88. The number of aryl methyl sites for hydroxylation is 2. The molecule has 4 N–H and O–H groups in total. The summed E-state index contributed by atoms with van der Waals surface area (Å²) in [6, 6.07) is 6.40. The lowest BCUT2D eigenvalue weighted by molar-refractivity contribution is 0.0688. The van der Waals surface area contributed by atoms with Crippen LogP contribution in [0.2, 0.25) is 0 Å². The Morgan fingerprint density at radius 3 is 2.40 bits per heavy atom. The van der Waals surface area contributed by atoms with Gasteiger partial charge in [-0.1, -0.05) is 38.7 Å². The molecule has 4 nitrogen and oxygen atoms in total. The molecule has 0 spiro atoms. The molecule has 0 aromatic heterocycles. The summed E-state index contributed by atoms with van der Waals surface area (Å²) < 4.78 is 5.92. The summed E-state index contributed by atoms with van der Waals surface area (Å²) in [5.74, 6) is 1.09. The molecule has 0 amide bonds. The van der Waals surface area contributed by atoms with Crippen LogP contribution in [-0.4, -0.2) is 35.6 Å². The van der Waals surface area contributed by atoms with Crippen LogP contribution in [0.5, 0.6) is 5.75 Å². The van der Waals surface area contributed by atoms with E-state index in [1.807, 2.05) is 0 Å². The highest BCUT2D eigenvalue weighted by molar-refractivity contribution is 5.36. The molecule has 0 fully saturated rings. The molecule has 4 heteroatoms. The fraction of sp³-hybridized carbons (Fsp3) is 0.714. The average molecular weight is 350 g/mol. The predicted molar refractivity (Wildman–Crippen MR) is 102 cm³/mol. The molecule has 1 aromatic rings. The van der Waals surface area contributed by atoms with Gasteiger partial charge in [0.15, 0.2) is 0 Å². The van der Waals surface area contributed by atoms with Crippen LogP contribution in [0.1, 0.15) is 63.0 Å². The minimum Gasteiger partial charge on any atom is -0.494 e. The maximum atomic E-state index is 9.56. The second-order valence-corrected chi connectivity index (χ2v) is 7.52. The van der Waals surface area contributed by atoms with Crippen molar-refractivity contribution in [2.75, 3.05) is 19.8 Å². The zero-order valence-electron chi connectivity index (χ0n) is 15.7. The lowest BCUT2D eigenvalue weighted by atomic mass is 9.80. The third-order valence-corrected chi connectivity index (χ3v) is 5.62. The Kier molecular flexibility index (Phi) is 8.20. The summed E-state index contributed by atoms with van der Waals surface area (Å²) in [6.45, 7) is 2.67. The Hall–Kier alpha value is -1.10. The first-order chi connectivity index (χ1) is 12.1. The summed E-state index contributed by atoms with van der Waals surface area (Å²) in [4.78, 5) is 0. The predicted octanol–water partition coefficient (Wildman–Crippen LogP) is 3.21. The molecule has 25 heavy (non-hydrogen) atoms. The maximum absolute atomic E-state index is 9.56. The fourth-order valence-corrected chi connectivity index (χ4v) is 3.75. The fourth-order valence-electron chi connectivity index (χ4n) is 3.75. The molecule has 0 unspecified atom stereocenters. The molecule has 0 aliphatic heterocycles. The number of aliphatic hydroxyl groups excluding tert-OH is 2. The van der Waals surface area contributed by atoms with Crippen LogP contribution in [-0.2, 0) is 12.8 Å². The standard InChI is InChI=1S/C21H35NO3/c1-2-3-4-5-6-13-25-20-12-9-17-7-10-19(11-8-18(17)14-20)21(22,15-23)16-24/h9,12,14,19,23-24H,2-8,10-11,13,15-16,22H2,1H3/t19-/m0/s1. The quantitative estimate of drug-likeness (QED) is 0.448. The van der Waals surface area contributed by atoms with Gasteiger partial charge in [0.2, 0.25) is 0 Å². The summed E-state index contributed by atoms with van der Waals surface area (Å²) in [5, 5.41) is 19.1. The number of fused-ring (bicyclic) bond motifs is 1. The number of unbranched alkanes of at least 4 members (excludes halogenated alkanes) is 4. The van der Waals surface area contributed by atoms with Crippen molar-refractivity contribution in [3.05, 3.63) is 29.3 Å². The Morgan fingerprint density at radius 2 is 1.72 bits per heavy atom.